The van der Waals surface area contributed by atoms with E-state index in [4.69, 9.17) is 4.18 Å². The SMILES string of the molecule is COS(=O)(=O)CC12CCC(/C(=C\c3ccc(/C=C4/C(=O)C5(CS(=O)(=O)O)CCC4C5(C)C)cc3)C1=O)C2(C)C. The molecule has 4 fully saturated rings. The van der Waals surface area contributed by atoms with Gasteiger partial charge in [-0.2, -0.15) is 16.8 Å². The Hall–Kier alpha value is -2.14. The van der Waals surface area contributed by atoms with Crippen LogP contribution < -0.4 is 0 Å². The van der Waals surface area contributed by atoms with Crippen molar-refractivity contribution in [3.05, 3.63) is 46.5 Å². The summed E-state index contributed by atoms with van der Waals surface area (Å²) in [4.78, 5) is 27.1. The summed E-state index contributed by atoms with van der Waals surface area (Å²) in [5, 5.41) is 0. The molecule has 212 valence electrons. The summed E-state index contributed by atoms with van der Waals surface area (Å²) in [7, 11) is -7.03. The van der Waals surface area contributed by atoms with E-state index < -0.39 is 47.6 Å². The van der Waals surface area contributed by atoms with Crippen molar-refractivity contribution in [2.75, 3.05) is 18.6 Å². The molecule has 0 aromatic heterocycles. The maximum Gasteiger partial charge on any atom is 0.268 e. The molecule has 0 aliphatic heterocycles. The second-order valence-corrected chi connectivity index (χ2v) is 16.1. The lowest BCUT2D eigenvalue weighted by atomic mass is 9.70. The van der Waals surface area contributed by atoms with Gasteiger partial charge in [0.05, 0.1) is 29.4 Å². The number of benzene rings is 1. The van der Waals surface area contributed by atoms with Gasteiger partial charge in [-0.15, -0.1) is 0 Å². The third kappa shape index (κ3) is 4.04. The van der Waals surface area contributed by atoms with E-state index in [1.165, 1.54) is 0 Å². The van der Waals surface area contributed by atoms with Gasteiger partial charge in [-0.05, 0) is 71.6 Å². The molecule has 4 aliphatic carbocycles. The number of fused-ring (bicyclic) bond motifs is 4. The maximum atomic E-state index is 13.6. The van der Waals surface area contributed by atoms with E-state index in [1.54, 1.807) is 0 Å². The zero-order chi connectivity index (χ0) is 28.8. The van der Waals surface area contributed by atoms with Crippen molar-refractivity contribution in [3.63, 3.8) is 0 Å². The molecule has 4 atom stereocenters. The zero-order valence-electron chi connectivity index (χ0n) is 23.0. The molecule has 0 amide bonds. The van der Waals surface area contributed by atoms with E-state index in [0.29, 0.717) is 30.4 Å². The lowest BCUT2D eigenvalue weighted by molar-refractivity contribution is -0.125. The zero-order valence-corrected chi connectivity index (χ0v) is 24.6. The highest BCUT2D eigenvalue weighted by atomic mass is 32.2. The van der Waals surface area contributed by atoms with Crippen LogP contribution in [0.4, 0.5) is 0 Å². The van der Waals surface area contributed by atoms with Gasteiger partial charge in [0.2, 0.25) is 0 Å². The summed E-state index contributed by atoms with van der Waals surface area (Å²) in [6.07, 6.45) is 6.03. The lowest BCUT2D eigenvalue weighted by Gasteiger charge is -2.35. The fourth-order valence-electron chi connectivity index (χ4n) is 8.28. The van der Waals surface area contributed by atoms with Crippen LogP contribution in [-0.4, -0.2) is 51.6 Å². The monoisotopic (exact) mass is 576 g/mol. The second-order valence-electron chi connectivity index (χ2n) is 12.9. The number of carbonyl (C=O) groups is 2. The smallest absolute Gasteiger partial charge is 0.268 e. The molecule has 5 rings (SSSR count). The molecule has 4 aliphatic rings. The Labute approximate surface area is 230 Å². The van der Waals surface area contributed by atoms with Crippen LogP contribution in [0.3, 0.4) is 0 Å². The Morgan fingerprint density at radius 2 is 1.18 bits per heavy atom. The van der Waals surface area contributed by atoms with Gasteiger partial charge in [-0.1, -0.05) is 52.0 Å². The van der Waals surface area contributed by atoms with Crippen molar-refractivity contribution in [2.45, 2.75) is 53.4 Å². The molecule has 4 unspecified atom stereocenters. The summed E-state index contributed by atoms with van der Waals surface area (Å²) < 4.78 is 62.5. The van der Waals surface area contributed by atoms with Crippen molar-refractivity contribution in [1.82, 2.24) is 0 Å². The molecule has 1 aromatic rings. The maximum absolute atomic E-state index is 13.6. The number of hydrogen-bond acceptors (Lipinski definition) is 7. The normalized spacial score (nSPS) is 35.0. The van der Waals surface area contributed by atoms with E-state index in [9.17, 15) is 31.0 Å². The van der Waals surface area contributed by atoms with Crippen LogP contribution in [0.2, 0.25) is 0 Å². The molecule has 1 N–H and O–H groups in total. The topological polar surface area (TPSA) is 132 Å². The van der Waals surface area contributed by atoms with E-state index in [0.717, 1.165) is 24.7 Å². The second kappa shape index (κ2) is 8.68. The van der Waals surface area contributed by atoms with Crippen molar-refractivity contribution in [1.29, 1.82) is 0 Å². The molecular formula is C29H36O8S2. The lowest BCUT2D eigenvalue weighted by Crippen LogP contribution is -2.42. The first-order chi connectivity index (χ1) is 17.9. The first kappa shape index (κ1) is 28.4. The van der Waals surface area contributed by atoms with Crippen molar-refractivity contribution in [3.8, 4) is 0 Å². The number of rotatable bonds is 7. The molecule has 0 saturated heterocycles. The van der Waals surface area contributed by atoms with E-state index in [-0.39, 0.29) is 29.2 Å². The van der Waals surface area contributed by atoms with Gasteiger partial charge in [0.15, 0.2) is 11.6 Å². The summed E-state index contributed by atoms with van der Waals surface area (Å²) in [5.41, 5.74) is -0.411. The summed E-state index contributed by atoms with van der Waals surface area (Å²) >= 11 is 0. The summed E-state index contributed by atoms with van der Waals surface area (Å²) in [6, 6.07) is 7.44. The first-order valence-electron chi connectivity index (χ1n) is 13.3. The van der Waals surface area contributed by atoms with E-state index in [1.807, 2.05) is 64.1 Å². The summed E-state index contributed by atoms with van der Waals surface area (Å²) in [5.74, 6) is -1.37. The van der Waals surface area contributed by atoms with Crippen molar-refractivity contribution < 1.29 is 35.2 Å². The van der Waals surface area contributed by atoms with Gasteiger partial charge in [0.25, 0.3) is 20.2 Å². The van der Waals surface area contributed by atoms with Crippen LogP contribution in [0, 0.1) is 33.5 Å². The molecule has 0 spiro atoms. The standard InChI is InChI=1S/C29H36O8S2/c1-26(2)22-10-12-28(26,16-38(32,33)34)24(30)20(22)14-18-6-8-19(9-7-18)15-21-23-11-13-29(25(21)31,27(23,3)4)17-39(35,36)37-5/h6-9,14-15,22-23H,10-13,16-17H2,1-5H3,(H,32,33,34)/b20-14+,21-15+. The molecule has 0 radical (unpaired) electrons. The average Bonchev–Trinajstić information content (AvgIpc) is 3.33. The highest BCUT2D eigenvalue weighted by Crippen LogP contribution is 2.67. The van der Waals surface area contributed by atoms with Crippen LogP contribution in [0.1, 0.15) is 64.5 Å². The molecule has 1 aromatic carbocycles. The third-order valence-electron chi connectivity index (χ3n) is 10.8. The van der Waals surface area contributed by atoms with Gasteiger partial charge in [-0.25, -0.2) is 0 Å². The molecule has 8 nitrogen and oxygen atoms in total. The Morgan fingerprint density at radius 1 is 0.795 bits per heavy atom. The molecule has 0 heterocycles. The molecule has 39 heavy (non-hydrogen) atoms. The number of carbonyl (C=O) groups excluding carboxylic acids is 2. The molecule has 10 heteroatoms. The third-order valence-corrected chi connectivity index (χ3v) is 13.0. The Kier molecular flexibility index (Phi) is 6.32. The minimum absolute atomic E-state index is 0.0493. The fraction of sp³-hybridized carbons (Fsp3) is 0.586. The predicted octanol–water partition coefficient (Wildman–Crippen LogP) is 4.33. The number of ketones is 2. The van der Waals surface area contributed by atoms with Crippen LogP contribution >= 0.6 is 0 Å². The van der Waals surface area contributed by atoms with Gasteiger partial charge in [-0.3, -0.25) is 18.3 Å². The van der Waals surface area contributed by atoms with Gasteiger partial charge in [0, 0.05) is 11.1 Å². The Balaban J connectivity index is 1.43. The average molecular weight is 577 g/mol. The number of Topliss-reactive ketones (excluding diaryl/α,β-unsaturated/α-hetero) is 2. The van der Waals surface area contributed by atoms with Crippen LogP contribution in [0.15, 0.2) is 35.4 Å². The molecule has 4 bridgehead atoms. The van der Waals surface area contributed by atoms with Crippen LogP contribution in [0.5, 0.6) is 0 Å². The predicted molar refractivity (Wildman–Crippen MR) is 147 cm³/mol. The van der Waals surface area contributed by atoms with Crippen molar-refractivity contribution >= 4 is 44.0 Å². The fourth-order valence-corrected chi connectivity index (χ4v) is 10.9. The van der Waals surface area contributed by atoms with Crippen molar-refractivity contribution in [2.24, 2.45) is 33.5 Å². The van der Waals surface area contributed by atoms with Crippen LogP contribution in [0.25, 0.3) is 12.2 Å². The molecule has 4 saturated carbocycles. The van der Waals surface area contributed by atoms with E-state index >= 15 is 0 Å². The van der Waals surface area contributed by atoms with Gasteiger partial charge >= 0.3 is 0 Å². The Morgan fingerprint density at radius 3 is 1.54 bits per heavy atom. The van der Waals surface area contributed by atoms with E-state index in [2.05, 4.69) is 0 Å². The molecular weight excluding hydrogens is 540 g/mol. The first-order valence-corrected chi connectivity index (χ1v) is 16.5. The number of hydrogen-bond donors (Lipinski definition) is 1. The largest absolute Gasteiger partial charge is 0.294 e. The van der Waals surface area contributed by atoms with Gasteiger partial charge in [0.1, 0.15) is 0 Å². The number of allylic oxidation sites excluding steroid dienone is 2. The highest BCUT2D eigenvalue weighted by molar-refractivity contribution is 7.86. The quantitative estimate of drug-likeness (QED) is 0.288. The summed E-state index contributed by atoms with van der Waals surface area (Å²) in [6.45, 7) is 7.74. The minimum atomic E-state index is -4.32. The van der Waals surface area contributed by atoms with Gasteiger partial charge < -0.3 is 0 Å². The van der Waals surface area contributed by atoms with Crippen LogP contribution in [-0.2, 0) is 34.0 Å². The minimum Gasteiger partial charge on any atom is -0.294 e. The Bertz CT molecular complexity index is 1530. The highest BCUT2D eigenvalue weighted by Gasteiger charge is 2.68.